The molecule has 0 fully saturated rings. The predicted octanol–water partition coefficient (Wildman–Crippen LogP) is 2.77. The Labute approximate surface area is 128 Å². The van der Waals surface area contributed by atoms with Crippen molar-refractivity contribution in [1.29, 1.82) is 0 Å². The van der Waals surface area contributed by atoms with E-state index in [1.165, 1.54) is 6.07 Å². The van der Waals surface area contributed by atoms with Gasteiger partial charge in [0.25, 0.3) is 0 Å². The summed E-state index contributed by atoms with van der Waals surface area (Å²) >= 11 is 3.90. The first-order valence-corrected chi connectivity index (χ1v) is 6.63. The lowest BCUT2D eigenvalue weighted by molar-refractivity contribution is -0.170. The number of benzene rings is 1. The van der Waals surface area contributed by atoms with Gasteiger partial charge < -0.3 is 9.84 Å². The van der Waals surface area contributed by atoms with E-state index in [4.69, 9.17) is 5.11 Å². The molecule has 98 valence electrons. The molecule has 0 saturated heterocycles. The third kappa shape index (κ3) is 4.00. The summed E-state index contributed by atoms with van der Waals surface area (Å²) in [5, 5.41) is 8.17. The summed E-state index contributed by atoms with van der Waals surface area (Å²) in [4.78, 5) is 21.6. The van der Waals surface area contributed by atoms with E-state index in [1.807, 2.05) is 45.2 Å². The van der Waals surface area contributed by atoms with E-state index < -0.39 is 24.5 Å². The quantitative estimate of drug-likeness (QED) is 0.530. The maximum absolute atomic E-state index is 12.7. The first-order chi connectivity index (χ1) is 8.24. The Kier molecular flexibility index (Phi) is 5.25. The summed E-state index contributed by atoms with van der Waals surface area (Å²) in [6.45, 7) is -1.48. The molecule has 1 N–H and O–H groups in total. The Morgan fingerprint density at radius 1 is 1.33 bits per heavy atom. The van der Waals surface area contributed by atoms with Gasteiger partial charge in [-0.3, -0.25) is 0 Å². The highest BCUT2D eigenvalue weighted by atomic mass is 127. The van der Waals surface area contributed by atoms with Crippen LogP contribution in [-0.4, -0.2) is 29.6 Å². The average Bonchev–Trinajstić information content (AvgIpc) is 2.25. The molecule has 0 aliphatic carbocycles. The number of esters is 1. The van der Waals surface area contributed by atoms with Crippen molar-refractivity contribution in [2.75, 3.05) is 6.61 Å². The molecule has 0 amide bonds. The number of carboxylic acids is 1. The number of aliphatic carboxylic acids is 1. The Bertz CT molecular complexity index is 491. The van der Waals surface area contributed by atoms with Gasteiger partial charge in [-0.2, -0.15) is 8.78 Å². The second-order valence-corrected chi connectivity index (χ2v) is 5.62. The van der Waals surface area contributed by atoms with E-state index in [9.17, 15) is 18.4 Å². The molecular formula is C10H6F2I2O4. The molecule has 8 heteroatoms. The Balaban J connectivity index is 2.75. The highest BCUT2D eigenvalue weighted by molar-refractivity contribution is 14.1. The molecule has 0 unspecified atom stereocenters. The predicted molar refractivity (Wildman–Crippen MR) is 74.7 cm³/mol. The van der Waals surface area contributed by atoms with Gasteiger partial charge in [0.1, 0.15) is 0 Å². The van der Waals surface area contributed by atoms with Crippen molar-refractivity contribution in [3.05, 3.63) is 30.9 Å². The van der Waals surface area contributed by atoms with Crippen LogP contribution in [0, 0.1) is 7.14 Å². The van der Waals surface area contributed by atoms with E-state index in [0.717, 1.165) is 3.57 Å². The Morgan fingerprint density at radius 2 is 1.94 bits per heavy atom. The zero-order chi connectivity index (χ0) is 13.9. The van der Waals surface area contributed by atoms with E-state index >= 15 is 0 Å². The molecule has 0 aliphatic heterocycles. The molecule has 1 rings (SSSR count). The first-order valence-electron chi connectivity index (χ1n) is 4.47. The first kappa shape index (κ1) is 15.5. The van der Waals surface area contributed by atoms with Gasteiger partial charge in [0.05, 0.1) is 5.56 Å². The van der Waals surface area contributed by atoms with Crippen molar-refractivity contribution < 1.29 is 28.2 Å². The van der Waals surface area contributed by atoms with Gasteiger partial charge in [0.2, 0.25) is 0 Å². The van der Waals surface area contributed by atoms with E-state index in [0.29, 0.717) is 3.57 Å². The molecule has 1 aromatic rings. The number of hydrogen-bond acceptors (Lipinski definition) is 3. The van der Waals surface area contributed by atoms with Crippen LogP contribution >= 0.6 is 45.2 Å². The normalized spacial score (nSPS) is 11.1. The number of hydrogen-bond donors (Lipinski definition) is 1. The highest BCUT2D eigenvalue weighted by Crippen LogP contribution is 2.19. The minimum absolute atomic E-state index is 0.122. The van der Waals surface area contributed by atoms with Crippen LogP contribution in [-0.2, 0) is 9.53 Å². The summed E-state index contributed by atoms with van der Waals surface area (Å²) in [7, 11) is 0. The zero-order valence-corrected chi connectivity index (χ0v) is 12.9. The monoisotopic (exact) mass is 482 g/mol. The summed E-state index contributed by atoms with van der Waals surface area (Å²) in [6, 6.07) is 4.73. The Morgan fingerprint density at radius 3 is 2.44 bits per heavy atom. The third-order valence-corrected chi connectivity index (χ3v) is 3.41. The highest BCUT2D eigenvalue weighted by Gasteiger charge is 2.40. The van der Waals surface area contributed by atoms with Gasteiger partial charge in [-0.25, -0.2) is 9.59 Å². The maximum Gasteiger partial charge on any atom is 0.378 e. The van der Waals surface area contributed by atoms with Crippen LogP contribution in [0.5, 0.6) is 0 Å². The van der Waals surface area contributed by atoms with Crippen molar-refractivity contribution >= 4 is 57.1 Å². The third-order valence-electron chi connectivity index (χ3n) is 1.85. The summed E-state index contributed by atoms with van der Waals surface area (Å²) < 4.78 is 31.1. The lowest BCUT2D eigenvalue weighted by Gasteiger charge is -2.12. The second-order valence-electron chi connectivity index (χ2n) is 3.21. The maximum atomic E-state index is 12.7. The SMILES string of the molecule is O=C(OCC(F)(F)C(=O)O)c1ccc(I)cc1I. The number of halogens is 4. The lowest BCUT2D eigenvalue weighted by atomic mass is 10.2. The van der Waals surface area contributed by atoms with Crippen molar-refractivity contribution in [3.8, 4) is 0 Å². The van der Waals surface area contributed by atoms with Gasteiger partial charge in [0, 0.05) is 7.14 Å². The van der Waals surface area contributed by atoms with E-state index in [-0.39, 0.29) is 5.56 Å². The molecule has 0 saturated carbocycles. The van der Waals surface area contributed by atoms with Crippen molar-refractivity contribution in [3.63, 3.8) is 0 Å². The summed E-state index contributed by atoms with van der Waals surface area (Å²) in [6.07, 6.45) is 0. The molecule has 0 bridgehead atoms. The number of alkyl halides is 2. The minimum Gasteiger partial charge on any atom is -0.477 e. The van der Waals surface area contributed by atoms with Crippen LogP contribution in [0.15, 0.2) is 18.2 Å². The van der Waals surface area contributed by atoms with Crippen molar-refractivity contribution in [2.24, 2.45) is 0 Å². The zero-order valence-electron chi connectivity index (χ0n) is 8.62. The molecule has 18 heavy (non-hydrogen) atoms. The minimum atomic E-state index is -4.08. The summed E-state index contributed by atoms with van der Waals surface area (Å²) in [5.74, 6) is -7.38. The molecule has 0 aliphatic rings. The van der Waals surface area contributed by atoms with Crippen LogP contribution < -0.4 is 0 Å². The van der Waals surface area contributed by atoms with Gasteiger partial charge in [0.15, 0.2) is 6.61 Å². The molecule has 0 aromatic heterocycles. The van der Waals surface area contributed by atoms with E-state index in [1.54, 1.807) is 12.1 Å². The lowest BCUT2D eigenvalue weighted by Crippen LogP contribution is -2.34. The standard InChI is InChI=1S/C10H6F2I2O4/c11-10(12,9(16)17)4-18-8(15)6-2-1-5(13)3-7(6)14/h1-3H,4H2,(H,16,17). The van der Waals surface area contributed by atoms with Crippen molar-refractivity contribution in [1.82, 2.24) is 0 Å². The number of carboxylic acid groups (broad SMARTS) is 1. The number of carbonyl (C=O) groups excluding carboxylic acids is 1. The topological polar surface area (TPSA) is 63.6 Å². The largest absolute Gasteiger partial charge is 0.477 e. The fourth-order valence-electron chi connectivity index (χ4n) is 0.951. The molecule has 4 nitrogen and oxygen atoms in total. The van der Waals surface area contributed by atoms with Crippen molar-refractivity contribution in [2.45, 2.75) is 5.92 Å². The van der Waals surface area contributed by atoms with Crippen LogP contribution in [0.3, 0.4) is 0 Å². The molecule has 0 atom stereocenters. The molecular weight excluding hydrogens is 476 g/mol. The fraction of sp³-hybridized carbons (Fsp3) is 0.200. The number of carbonyl (C=O) groups is 2. The molecule has 0 radical (unpaired) electrons. The smallest absolute Gasteiger partial charge is 0.378 e. The molecule has 0 spiro atoms. The summed E-state index contributed by atoms with van der Waals surface area (Å²) in [5.41, 5.74) is 0.122. The van der Waals surface area contributed by atoms with Crippen LogP contribution in [0.1, 0.15) is 10.4 Å². The fourth-order valence-corrected chi connectivity index (χ4v) is 2.77. The molecule has 1 aromatic carbocycles. The average molecular weight is 482 g/mol. The molecule has 0 heterocycles. The Hall–Kier alpha value is -0.520. The van der Waals surface area contributed by atoms with Crippen LogP contribution in [0.2, 0.25) is 0 Å². The van der Waals surface area contributed by atoms with Gasteiger partial charge in [-0.15, -0.1) is 0 Å². The number of rotatable bonds is 4. The van der Waals surface area contributed by atoms with Gasteiger partial charge in [-0.05, 0) is 63.4 Å². The van der Waals surface area contributed by atoms with Crippen LogP contribution in [0.25, 0.3) is 0 Å². The number of ether oxygens (including phenoxy) is 1. The van der Waals surface area contributed by atoms with E-state index in [2.05, 4.69) is 4.74 Å². The van der Waals surface area contributed by atoms with Gasteiger partial charge in [-0.1, -0.05) is 0 Å². The van der Waals surface area contributed by atoms with Gasteiger partial charge >= 0.3 is 17.9 Å². The van der Waals surface area contributed by atoms with Crippen LogP contribution in [0.4, 0.5) is 8.78 Å². The second kappa shape index (κ2) is 6.08.